The number of fused-ring (bicyclic) bond motifs is 3. The lowest BCUT2D eigenvalue weighted by molar-refractivity contribution is -0.123. The third-order valence-electron chi connectivity index (χ3n) is 7.86. The Balaban J connectivity index is 1.26. The van der Waals surface area contributed by atoms with Crippen LogP contribution in [-0.2, 0) is 11.3 Å². The van der Waals surface area contributed by atoms with Gasteiger partial charge in [-0.25, -0.2) is 18.7 Å². The van der Waals surface area contributed by atoms with Crippen LogP contribution in [0.25, 0.3) is 11.3 Å². The Morgan fingerprint density at radius 2 is 1.79 bits per heavy atom. The van der Waals surface area contributed by atoms with E-state index in [0.717, 1.165) is 0 Å². The Morgan fingerprint density at radius 1 is 1.05 bits per heavy atom. The normalized spacial score (nSPS) is 17.5. The number of nitrogens with two attached hydrogens (primary N) is 1. The number of primary amides is 1. The Bertz CT molecular complexity index is 1780. The number of nitrogens with one attached hydrogen (secondary N) is 2. The highest BCUT2D eigenvalue weighted by molar-refractivity contribution is 6.31. The van der Waals surface area contributed by atoms with Gasteiger partial charge in [-0.2, -0.15) is 0 Å². The SMILES string of the molecule is CNC1(C(N)=O)CCN(C(=O)c2ccc(Nc3ncc4c(n3)-c3ccc(Cl)cc3C(c3c(F)cccc3F)=NC4)cc2)C1. The first kappa shape index (κ1) is 28.4. The van der Waals surface area contributed by atoms with E-state index in [0.29, 0.717) is 51.6 Å². The van der Waals surface area contributed by atoms with Crippen LogP contribution in [0.5, 0.6) is 0 Å². The molecule has 0 bridgehead atoms. The van der Waals surface area contributed by atoms with Gasteiger partial charge in [0.2, 0.25) is 11.9 Å². The van der Waals surface area contributed by atoms with Crippen LogP contribution in [0.4, 0.5) is 20.4 Å². The standard InChI is InChI=1S/C31H26ClF2N7O2/c1-36-31(29(35)43)11-12-41(16-31)28(42)17-5-8-20(9-6-17)39-30-38-15-18-14-37-27(25-23(33)3-2-4-24(25)34)22-13-19(32)7-10-21(22)26(18)40-30/h2-10,13,15,36H,11-12,14,16H2,1H3,(H2,35,43)(H,38,39,40). The molecule has 4 N–H and O–H groups in total. The second kappa shape index (κ2) is 11.2. The molecule has 3 aromatic carbocycles. The van der Waals surface area contributed by atoms with Gasteiger partial charge in [-0.15, -0.1) is 0 Å². The number of aliphatic imine (C=N–C) groups is 1. The van der Waals surface area contributed by atoms with Crippen molar-refractivity contribution in [1.82, 2.24) is 20.2 Å². The van der Waals surface area contributed by atoms with Gasteiger partial charge in [-0.1, -0.05) is 23.7 Å². The molecule has 1 saturated heterocycles. The summed E-state index contributed by atoms with van der Waals surface area (Å²) in [4.78, 5) is 40.3. The molecule has 0 saturated carbocycles. The molecule has 2 aliphatic heterocycles. The second-order valence-electron chi connectivity index (χ2n) is 10.4. The van der Waals surface area contributed by atoms with E-state index < -0.39 is 23.1 Å². The number of hydrogen-bond donors (Lipinski definition) is 3. The molecule has 0 aliphatic carbocycles. The molecule has 1 aromatic heterocycles. The molecule has 3 heterocycles. The molecule has 1 atom stereocenters. The molecule has 12 heteroatoms. The van der Waals surface area contributed by atoms with Crippen LogP contribution < -0.4 is 16.4 Å². The van der Waals surface area contributed by atoms with E-state index in [4.69, 9.17) is 22.3 Å². The molecule has 1 fully saturated rings. The van der Waals surface area contributed by atoms with Crippen molar-refractivity contribution in [2.75, 3.05) is 25.5 Å². The first-order chi connectivity index (χ1) is 20.7. The monoisotopic (exact) mass is 601 g/mol. The molecule has 0 spiro atoms. The summed E-state index contributed by atoms with van der Waals surface area (Å²) in [6, 6.07) is 15.5. The fraction of sp³-hybridized carbons (Fsp3) is 0.194. The smallest absolute Gasteiger partial charge is 0.253 e. The van der Waals surface area contributed by atoms with E-state index in [1.54, 1.807) is 60.6 Å². The fourth-order valence-corrected chi connectivity index (χ4v) is 5.61. The minimum atomic E-state index is -0.932. The van der Waals surface area contributed by atoms with E-state index in [1.807, 2.05) is 0 Å². The van der Waals surface area contributed by atoms with Gasteiger partial charge in [0.05, 0.1) is 23.5 Å². The number of likely N-dealkylation sites (tertiary alicyclic amines) is 1. The minimum absolute atomic E-state index is 0.100. The van der Waals surface area contributed by atoms with Gasteiger partial charge < -0.3 is 21.3 Å². The molecule has 2 aliphatic rings. The number of carbonyl (C=O) groups is 2. The van der Waals surface area contributed by atoms with Gasteiger partial charge in [0.25, 0.3) is 5.91 Å². The summed E-state index contributed by atoms with van der Waals surface area (Å²) in [6.07, 6.45) is 2.06. The number of aromatic nitrogens is 2. The first-order valence-electron chi connectivity index (χ1n) is 13.5. The summed E-state index contributed by atoms with van der Waals surface area (Å²) >= 11 is 6.30. The number of benzene rings is 3. The van der Waals surface area contributed by atoms with E-state index >= 15 is 0 Å². The van der Waals surface area contributed by atoms with Crippen molar-refractivity contribution < 1.29 is 18.4 Å². The van der Waals surface area contributed by atoms with E-state index in [2.05, 4.69) is 20.6 Å². The van der Waals surface area contributed by atoms with Gasteiger partial charge in [0, 0.05) is 52.3 Å². The van der Waals surface area contributed by atoms with Gasteiger partial charge in [-0.05, 0) is 62.0 Å². The van der Waals surface area contributed by atoms with Crippen LogP contribution in [0, 0.1) is 11.6 Å². The number of anilines is 2. The number of nitrogens with zero attached hydrogens (tertiary/aromatic N) is 4. The Kier molecular flexibility index (Phi) is 7.37. The summed E-state index contributed by atoms with van der Waals surface area (Å²) < 4.78 is 29.6. The zero-order valence-corrected chi connectivity index (χ0v) is 23.8. The summed E-state index contributed by atoms with van der Waals surface area (Å²) in [5, 5.41) is 6.49. The highest BCUT2D eigenvalue weighted by atomic mass is 35.5. The van der Waals surface area contributed by atoms with Crippen LogP contribution in [0.3, 0.4) is 0 Å². The predicted octanol–water partition coefficient (Wildman–Crippen LogP) is 4.46. The molecule has 1 unspecified atom stereocenters. The second-order valence-corrected chi connectivity index (χ2v) is 10.8. The zero-order chi connectivity index (χ0) is 30.3. The predicted molar refractivity (Wildman–Crippen MR) is 159 cm³/mol. The largest absolute Gasteiger partial charge is 0.368 e. The molecule has 0 radical (unpaired) electrons. The van der Waals surface area contributed by atoms with Crippen molar-refractivity contribution in [3.8, 4) is 11.3 Å². The molecule has 4 aromatic rings. The maximum Gasteiger partial charge on any atom is 0.253 e. The number of hydrogen-bond acceptors (Lipinski definition) is 7. The summed E-state index contributed by atoms with van der Waals surface area (Å²) in [7, 11) is 1.66. The highest BCUT2D eigenvalue weighted by Crippen LogP contribution is 2.35. The van der Waals surface area contributed by atoms with Crippen LogP contribution in [0.1, 0.15) is 33.5 Å². The number of halogens is 3. The number of amides is 2. The molecule has 2 amide bonds. The molecule has 9 nitrogen and oxygen atoms in total. The zero-order valence-electron chi connectivity index (χ0n) is 23.0. The van der Waals surface area contributed by atoms with Crippen molar-refractivity contribution >= 4 is 40.8 Å². The summed E-state index contributed by atoms with van der Waals surface area (Å²) in [5.41, 5.74) is 7.89. The van der Waals surface area contributed by atoms with Gasteiger partial charge in [0.1, 0.15) is 17.2 Å². The Labute approximate surface area is 250 Å². The first-order valence-corrected chi connectivity index (χ1v) is 13.9. The summed E-state index contributed by atoms with van der Waals surface area (Å²) in [6.45, 7) is 0.707. The molecular weight excluding hydrogens is 576 g/mol. The maximum absolute atomic E-state index is 14.8. The highest BCUT2D eigenvalue weighted by Gasteiger charge is 2.43. The lowest BCUT2D eigenvalue weighted by Crippen LogP contribution is -2.56. The third-order valence-corrected chi connectivity index (χ3v) is 8.09. The Hall–Kier alpha value is -4.74. The van der Waals surface area contributed by atoms with Crippen molar-refractivity contribution in [1.29, 1.82) is 0 Å². The van der Waals surface area contributed by atoms with E-state index in [1.165, 1.54) is 18.2 Å². The summed E-state index contributed by atoms with van der Waals surface area (Å²) in [5.74, 6) is -1.88. The maximum atomic E-state index is 14.8. The third kappa shape index (κ3) is 5.21. The number of rotatable bonds is 6. The average Bonchev–Trinajstić information content (AvgIpc) is 3.39. The van der Waals surface area contributed by atoms with Gasteiger partial charge in [-0.3, -0.25) is 14.6 Å². The van der Waals surface area contributed by atoms with Gasteiger partial charge in [0.15, 0.2) is 0 Å². The number of carbonyl (C=O) groups excluding carboxylic acids is 2. The van der Waals surface area contributed by atoms with E-state index in [-0.39, 0.29) is 36.2 Å². The van der Waals surface area contributed by atoms with Crippen molar-refractivity contribution in [3.63, 3.8) is 0 Å². The number of likely N-dealkylation sites (N-methyl/N-ethyl adjacent to an activating group) is 1. The van der Waals surface area contributed by atoms with E-state index in [9.17, 15) is 18.4 Å². The topological polar surface area (TPSA) is 126 Å². The molecular formula is C31H26ClF2N7O2. The molecule has 218 valence electrons. The molecule has 6 rings (SSSR count). The molecule has 43 heavy (non-hydrogen) atoms. The minimum Gasteiger partial charge on any atom is -0.368 e. The quantitative estimate of drug-likeness (QED) is 0.300. The van der Waals surface area contributed by atoms with Crippen LogP contribution in [-0.4, -0.2) is 58.1 Å². The van der Waals surface area contributed by atoms with Crippen LogP contribution >= 0.6 is 11.6 Å². The lowest BCUT2D eigenvalue weighted by atomic mass is 9.95. The van der Waals surface area contributed by atoms with Crippen molar-refractivity contribution in [3.05, 3.63) is 106 Å². The fourth-order valence-electron chi connectivity index (χ4n) is 5.44. The van der Waals surface area contributed by atoms with Crippen molar-refractivity contribution in [2.24, 2.45) is 10.7 Å². The van der Waals surface area contributed by atoms with Crippen LogP contribution in [0.2, 0.25) is 5.02 Å². The lowest BCUT2D eigenvalue weighted by Gasteiger charge is -2.25. The van der Waals surface area contributed by atoms with Crippen LogP contribution in [0.15, 0.2) is 71.9 Å². The van der Waals surface area contributed by atoms with Crippen molar-refractivity contribution in [2.45, 2.75) is 18.5 Å². The average molecular weight is 602 g/mol. The van der Waals surface area contributed by atoms with Gasteiger partial charge >= 0.3 is 0 Å². The Morgan fingerprint density at radius 3 is 2.47 bits per heavy atom.